The molecule has 3 rings (SSSR count). The van der Waals surface area contributed by atoms with E-state index in [1.807, 2.05) is 6.20 Å². The van der Waals surface area contributed by atoms with Crippen molar-refractivity contribution in [2.75, 3.05) is 0 Å². The van der Waals surface area contributed by atoms with Gasteiger partial charge in [0.1, 0.15) is 0 Å². The molecular weight excluding hydrogens is 222 g/mol. The van der Waals surface area contributed by atoms with Gasteiger partial charge in [0.15, 0.2) is 0 Å². The molecule has 3 heteroatoms. The van der Waals surface area contributed by atoms with E-state index in [-0.39, 0.29) is 0 Å². The van der Waals surface area contributed by atoms with Gasteiger partial charge in [-0.25, -0.2) is 0 Å². The third-order valence-corrected chi connectivity index (χ3v) is 4.87. The van der Waals surface area contributed by atoms with Crippen LogP contribution in [-0.4, -0.2) is 11.0 Å². The fraction of sp³-hybridized carbons (Fsp3) is 0.667. The van der Waals surface area contributed by atoms with Crippen LogP contribution in [0.4, 0.5) is 0 Å². The Morgan fingerprint density at radius 3 is 2.72 bits per heavy atom. The van der Waals surface area contributed by atoms with E-state index in [1.165, 1.54) is 30.5 Å². The van der Waals surface area contributed by atoms with Crippen LogP contribution >= 0.6 is 0 Å². The summed E-state index contributed by atoms with van der Waals surface area (Å²) in [5.41, 5.74) is 5.50. The van der Waals surface area contributed by atoms with Crippen molar-refractivity contribution in [3.8, 4) is 0 Å². The lowest BCUT2D eigenvalue weighted by Crippen LogP contribution is -2.39. The summed E-state index contributed by atoms with van der Waals surface area (Å²) in [5.74, 6) is 8.44. The van der Waals surface area contributed by atoms with Crippen LogP contribution in [0, 0.1) is 17.8 Å². The van der Waals surface area contributed by atoms with Crippen molar-refractivity contribution in [2.45, 2.75) is 45.1 Å². The van der Waals surface area contributed by atoms with Crippen molar-refractivity contribution in [3.63, 3.8) is 0 Å². The highest BCUT2D eigenvalue weighted by Crippen LogP contribution is 2.59. The first kappa shape index (κ1) is 12.1. The number of fused-ring (bicyclic) bond motifs is 1. The molecule has 1 aromatic heterocycles. The topological polar surface area (TPSA) is 50.9 Å². The maximum absolute atomic E-state index is 5.74. The van der Waals surface area contributed by atoms with E-state index in [1.54, 1.807) is 0 Å². The van der Waals surface area contributed by atoms with E-state index < -0.39 is 0 Å². The second kappa shape index (κ2) is 4.98. The largest absolute Gasteiger partial charge is 0.271 e. The standard InChI is InChI=1S/C15H23N3/c1-2-10-6-7-11(17-9-10)8-14(18-16)15-12-4-3-5-13(12)15/h6-7,9,12-15,18H,2-5,8,16H2,1H3. The molecule has 0 aromatic carbocycles. The molecule has 2 aliphatic rings. The molecule has 0 radical (unpaired) electrons. The summed E-state index contributed by atoms with van der Waals surface area (Å²) in [4.78, 5) is 4.55. The molecule has 98 valence electrons. The van der Waals surface area contributed by atoms with Crippen LogP contribution in [0.15, 0.2) is 18.3 Å². The van der Waals surface area contributed by atoms with E-state index in [0.29, 0.717) is 6.04 Å². The van der Waals surface area contributed by atoms with E-state index >= 15 is 0 Å². The maximum atomic E-state index is 5.74. The van der Waals surface area contributed by atoms with Crippen LogP contribution in [-0.2, 0) is 12.8 Å². The van der Waals surface area contributed by atoms with Crippen molar-refractivity contribution in [1.82, 2.24) is 10.4 Å². The minimum Gasteiger partial charge on any atom is -0.271 e. The predicted molar refractivity (Wildman–Crippen MR) is 72.8 cm³/mol. The molecule has 2 saturated carbocycles. The second-order valence-corrected chi connectivity index (χ2v) is 5.82. The maximum Gasteiger partial charge on any atom is 0.0419 e. The minimum atomic E-state index is 0.417. The molecule has 18 heavy (non-hydrogen) atoms. The molecule has 0 spiro atoms. The molecule has 0 amide bonds. The first-order valence-corrected chi connectivity index (χ1v) is 7.23. The van der Waals surface area contributed by atoms with Crippen LogP contribution < -0.4 is 11.3 Å². The van der Waals surface area contributed by atoms with Crippen LogP contribution in [0.5, 0.6) is 0 Å². The highest BCUT2D eigenvalue weighted by Gasteiger charge is 2.55. The average molecular weight is 245 g/mol. The number of hydrogen-bond acceptors (Lipinski definition) is 3. The Morgan fingerprint density at radius 2 is 2.17 bits per heavy atom. The molecule has 3 atom stereocenters. The Morgan fingerprint density at radius 1 is 1.39 bits per heavy atom. The van der Waals surface area contributed by atoms with Crippen LogP contribution in [0.2, 0.25) is 0 Å². The number of nitrogens with zero attached hydrogens (tertiary/aromatic N) is 1. The summed E-state index contributed by atoms with van der Waals surface area (Å²) in [6.07, 6.45) is 8.27. The van der Waals surface area contributed by atoms with Crippen molar-refractivity contribution in [2.24, 2.45) is 23.6 Å². The number of hydrogen-bond donors (Lipinski definition) is 2. The molecular formula is C15H23N3. The van der Waals surface area contributed by atoms with E-state index in [4.69, 9.17) is 5.84 Å². The summed E-state index contributed by atoms with van der Waals surface area (Å²) in [6, 6.07) is 4.76. The molecule has 2 fully saturated rings. The zero-order chi connectivity index (χ0) is 12.5. The van der Waals surface area contributed by atoms with Crippen molar-refractivity contribution < 1.29 is 0 Å². The molecule has 1 aromatic rings. The van der Waals surface area contributed by atoms with Crippen molar-refractivity contribution >= 4 is 0 Å². The summed E-state index contributed by atoms with van der Waals surface area (Å²) < 4.78 is 0. The lowest BCUT2D eigenvalue weighted by atomic mass is 10.00. The molecule has 0 aliphatic heterocycles. The second-order valence-electron chi connectivity index (χ2n) is 5.82. The van der Waals surface area contributed by atoms with Gasteiger partial charge in [0, 0.05) is 24.4 Å². The number of hydrazine groups is 1. The van der Waals surface area contributed by atoms with Gasteiger partial charge in [-0.05, 0) is 48.6 Å². The Kier molecular flexibility index (Phi) is 3.35. The summed E-state index contributed by atoms with van der Waals surface area (Å²) >= 11 is 0. The summed E-state index contributed by atoms with van der Waals surface area (Å²) in [6.45, 7) is 2.16. The van der Waals surface area contributed by atoms with Gasteiger partial charge in [-0.1, -0.05) is 19.4 Å². The number of rotatable bonds is 5. The molecule has 2 aliphatic carbocycles. The molecule has 0 saturated heterocycles. The van der Waals surface area contributed by atoms with Crippen molar-refractivity contribution in [1.29, 1.82) is 0 Å². The van der Waals surface area contributed by atoms with Gasteiger partial charge >= 0.3 is 0 Å². The number of pyridine rings is 1. The predicted octanol–water partition coefficient (Wildman–Crippen LogP) is 2.06. The lowest BCUT2D eigenvalue weighted by molar-refractivity contribution is 0.407. The highest BCUT2D eigenvalue weighted by atomic mass is 15.2. The number of aromatic nitrogens is 1. The van der Waals surface area contributed by atoms with E-state index in [0.717, 1.165) is 30.6 Å². The Labute approximate surface area is 109 Å². The first-order valence-electron chi connectivity index (χ1n) is 7.23. The lowest BCUT2D eigenvalue weighted by Gasteiger charge is -2.17. The van der Waals surface area contributed by atoms with Gasteiger partial charge in [0.2, 0.25) is 0 Å². The smallest absolute Gasteiger partial charge is 0.0419 e. The zero-order valence-corrected chi connectivity index (χ0v) is 11.1. The number of nitrogens with one attached hydrogen (secondary N) is 1. The Balaban J connectivity index is 1.63. The molecule has 3 nitrogen and oxygen atoms in total. The van der Waals surface area contributed by atoms with Gasteiger partial charge in [0.25, 0.3) is 0 Å². The molecule has 3 unspecified atom stereocenters. The van der Waals surface area contributed by atoms with Gasteiger partial charge in [0.05, 0.1) is 0 Å². The number of aryl methyl sites for hydroxylation is 1. The average Bonchev–Trinajstić information content (AvgIpc) is 2.89. The molecule has 3 N–H and O–H groups in total. The third kappa shape index (κ3) is 2.17. The van der Waals surface area contributed by atoms with Gasteiger partial charge in [-0.2, -0.15) is 0 Å². The highest BCUT2D eigenvalue weighted by molar-refractivity contribution is 5.16. The van der Waals surface area contributed by atoms with Crippen LogP contribution in [0.25, 0.3) is 0 Å². The zero-order valence-electron chi connectivity index (χ0n) is 11.1. The fourth-order valence-electron chi connectivity index (χ4n) is 3.79. The van der Waals surface area contributed by atoms with E-state index in [2.05, 4.69) is 29.5 Å². The molecule has 0 bridgehead atoms. The third-order valence-electron chi connectivity index (χ3n) is 4.87. The number of nitrogens with two attached hydrogens (primary N) is 1. The van der Waals surface area contributed by atoms with Gasteiger partial charge in [-0.15, -0.1) is 0 Å². The van der Waals surface area contributed by atoms with Crippen molar-refractivity contribution in [3.05, 3.63) is 29.6 Å². The van der Waals surface area contributed by atoms with Gasteiger partial charge in [-0.3, -0.25) is 16.3 Å². The monoisotopic (exact) mass is 245 g/mol. The fourth-order valence-corrected chi connectivity index (χ4v) is 3.79. The molecule has 1 heterocycles. The first-order chi connectivity index (χ1) is 8.83. The van der Waals surface area contributed by atoms with E-state index in [9.17, 15) is 0 Å². The van der Waals surface area contributed by atoms with Gasteiger partial charge < -0.3 is 0 Å². The normalized spacial score (nSPS) is 31.1. The summed E-state index contributed by atoms with van der Waals surface area (Å²) in [7, 11) is 0. The Bertz CT molecular complexity index is 391. The van der Waals surface area contributed by atoms with Crippen LogP contribution in [0.1, 0.15) is 37.4 Å². The van der Waals surface area contributed by atoms with Crippen LogP contribution in [0.3, 0.4) is 0 Å². The Hall–Kier alpha value is -0.930. The SMILES string of the molecule is CCc1ccc(CC(NN)C2C3CCCC32)nc1. The minimum absolute atomic E-state index is 0.417. The summed E-state index contributed by atoms with van der Waals surface area (Å²) in [5, 5.41) is 0. The quantitative estimate of drug-likeness (QED) is 0.617.